The van der Waals surface area contributed by atoms with Crippen molar-refractivity contribution < 1.29 is 14.0 Å². The van der Waals surface area contributed by atoms with Gasteiger partial charge < -0.3 is 16.8 Å². The molecule has 1 rings (SSSR count). The number of nitrogens with two attached hydrogens (primary N) is 2. The number of nitrogens with one attached hydrogen (secondary N) is 1. The van der Waals surface area contributed by atoms with Gasteiger partial charge in [-0.2, -0.15) is 0 Å². The van der Waals surface area contributed by atoms with E-state index in [0.29, 0.717) is 6.42 Å². The second-order valence-corrected chi connectivity index (χ2v) is 4.42. The highest BCUT2D eigenvalue weighted by Gasteiger charge is 2.14. The quantitative estimate of drug-likeness (QED) is 0.749. The summed E-state index contributed by atoms with van der Waals surface area (Å²) in [6, 6.07) is 2.16. The van der Waals surface area contributed by atoms with Gasteiger partial charge in [0.25, 0.3) is 0 Å². The van der Waals surface area contributed by atoms with Crippen molar-refractivity contribution in [3.63, 3.8) is 0 Å². The lowest BCUT2D eigenvalue weighted by Gasteiger charge is -2.12. The van der Waals surface area contributed by atoms with E-state index in [1.807, 2.05) is 6.92 Å². The number of benzene rings is 1. The summed E-state index contributed by atoms with van der Waals surface area (Å²) in [6.07, 6.45) is 0.806. The second kappa shape index (κ2) is 6.29. The van der Waals surface area contributed by atoms with Crippen LogP contribution in [0.5, 0.6) is 0 Å². The van der Waals surface area contributed by atoms with Crippen LogP contribution in [-0.4, -0.2) is 17.9 Å². The molecule has 0 aliphatic carbocycles. The first kappa shape index (κ1) is 15.1. The minimum Gasteiger partial charge on any atom is -0.366 e. The van der Waals surface area contributed by atoms with Crippen LogP contribution in [0.15, 0.2) is 12.1 Å². The lowest BCUT2D eigenvalue weighted by molar-refractivity contribution is -0.116. The van der Waals surface area contributed by atoms with Crippen molar-refractivity contribution in [3.8, 4) is 0 Å². The Labute approximate surface area is 111 Å². The fourth-order valence-corrected chi connectivity index (χ4v) is 1.53. The first-order valence-electron chi connectivity index (χ1n) is 6.00. The van der Waals surface area contributed by atoms with E-state index in [2.05, 4.69) is 5.32 Å². The molecule has 0 fully saturated rings. The van der Waals surface area contributed by atoms with Crippen molar-refractivity contribution in [3.05, 3.63) is 29.1 Å². The van der Waals surface area contributed by atoms with Gasteiger partial charge in [0.2, 0.25) is 11.8 Å². The van der Waals surface area contributed by atoms with Crippen LogP contribution in [0.1, 0.15) is 35.7 Å². The lowest BCUT2D eigenvalue weighted by Crippen LogP contribution is -2.26. The van der Waals surface area contributed by atoms with Crippen molar-refractivity contribution in [2.75, 3.05) is 5.32 Å². The maximum Gasteiger partial charge on any atom is 0.248 e. The maximum atomic E-state index is 13.6. The number of carbonyl (C=O) groups is 2. The monoisotopic (exact) mass is 267 g/mol. The number of hydrogen-bond donors (Lipinski definition) is 3. The zero-order valence-electron chi connectivity index (χ0n) is 11.0. The van der Waals surface area contributed by atoms with Gasteiger partial charge in [0.15, 0.2) is 0 Å². The summed E-state index contributed by atoms with van der Waals surface area (Å²) in [7, 11) is 0. The third kappa shape index (κ3) is 4.03. The molecule has 6 heteroatoms. The average Bonchev–Trinajstić information content (AvgIpc) is 2.34. The van der Waals surface area contributed by atoms with Crippen LogP contribution in [0, 0.1) is 12.7 Å². The standard InChI is InChI=1S/C13H18FN3O2/c1-3-9(15)6-12(18)17-11-5-8(13(16)19)4-10(14)7(11)2/h4-5,9H,3,6,15H2,1-2H3,(H2,16,19)(H,17,18). The van der Waals surface area contributed by atoms with E-state index in [0.717, 1.165) is 6.07 Å². The van der Waals surface area contributed by atoms with Crippen molar-refractivity contribution in [2.45, 2.75) is 32.7 Å². The van der Waals surface area contributed by atoms with Crippen LogP contribution in [-0.2, 0) is 4.79 Å². The molecule has 0 saturated carbocycles. The molecular formula is C13H18FN3O2. The molecule has 0 saturated heterocycles. The van der Waals surface area contributed by atoms with Crippen LogP contribution in [0.25, 0.3) is 0 Å². The zero-order chi connectivity index (χ0) is 14.6. The zero-order valence-corrected chi connectivity index (χ0v) is 11.0. The van der Waals surface area contributed by atoms with E-state index < -0.39 is 11.7 Å². The van der Waals surface area contributed by atoms with Crippen LogP contribution >= 0.6 is 0 Å². The molecule has 0 spiro atoms. The van der Waals surface area contributed by atoms with Crippen LogP contribution < -0.4 is 16.8 Å². The molecule has 104 valence electrons. The third-order valence-electron chi connectivity index (χ3n) is 2.87. The topological polar surface area (TPSA) is 98.2 Å². The lowest BCUT2D eigenvalue weighted by atomic mass is 10.1. The highest BCUT2D eigenvalue weighted by atomic mass is 19.1. The Balaban J connectivity index is 2.94. The van der Waals surface area contributed by atoms with E-state index >= 15 is 0 Å². The van der Waals surface area contributed by atoms with Crippen LogP contribution in [0.4, 0.5) is 10.1 Å². The normalized spacial score (nSPS) is 12.0. The van der Waals surface area contributed by atoms with Crippen LogP contribution in [0.3, 0.4) is 0 Å². The van der Waals surface area contributed by atoms with Crippen LogP contribution in [0.2, 0.25) is 0 Å². The third-order valence-corrected chi connectivity index (χ3v) is 2.87. The SMILES string of the molecule is CCC(N)CC(=O)Nc1cc(C(N)=O)cc(F)c1C. The van der Waals surface area contributed by atoms with E-state index in [9.17, 15) is 14.0 Å². The maximum absolute atomic E-state index is 13.6. The fraction of sp³-hybridized carbons (Fsp3) is 0.385. The predicted octanol–water partition coefficient (Wildman–Crippen LogP) is 1.30. The molecule has 0 aliphatic heterocycles. The molecule has 1 atom stereocenters. The number of primary amides is 1. The average molecular weight is 267 g/mol. The van der Waals surface area contributed by atoms with Crippen molar-refractivity contribution in [1.29, 1.82) is 0 Å². The Kier molecular flexibility index (Phi) is 5.00. The Bertz CT molecular complexity index is 503. The van der Waals surface area contributed by atoms with Crippen molar-refractivity contribution in [1.82, 2.24) is 0 Å². The largest absolute Gasteiger partial charge is 0.366 e. The van der Waals surface area contributed by atoms with E-state index in [1.165, 1.54) is 13.0 Å². The number of hydrogen-bond acceptors (Lipinski definition) is 3. The predicted molar refractivity (Wildman–Crippen MR) is 71.2 cm³/mol. The summed E-state index contributed by atoms with van der Waals surface area (Å²) in [5.74, 6) is -1.66. The Hall–Kier alpha value is -1.95. The number of carbonyl (C=O) groups excluding carboxylic acids is 2. The molecule has 19 heavy (non-hydrogen) atoms. The first-order valence-corrected chi connectivity index (χ1v) is 6.00. The highest BCUT2D eigenvalue weighted by molar-refractivity contribution is 5.97. The number of rotatable bonds is 5. The molecule has 0 heterocycles. The molecule has 1 aromatic carbocycles. The first-order chi connectivity index (χ1) is 8.85. The summed E-state index contributed by atoms with van der Waals surface area (Å²) < 4.78 is 13.6. The van der Waals surface area contributed by atoms with E-state index in [1.54, 1.807) is 0 Å². The van der Waals surface area contributed by atoms with Gasteiger partial charge >= 0.3 is 0 Å². The van der Waals surface area contributed by atoms with Gasteiger partial charge in [-0.1, -0.05) is 6.92 Å². The number of anilines is 1. The highest BCUT2D eigenvalue weighted by Crippen LogP contribution is 2.21. The summed E-state index contributed by atoms with van der Waals surface area (Å²) in [6.45, 7) is 3.38. The molecule has 1 unspecified atom stereocenters. The molecule has 0 radical (unpaired) electrons. The summed E-state index contributed by atoms with van der Waals surface area (Å²) in [4.78, 5) is 22.7. The molecule has 2 amide bonds. The second-order valence-electron chi connectivity index (χ2n) is 4.42. The molecule has 0 bridgehead atoms. The van der Waals surface area contributed by atoms with Crippen molar-refractivity contribution in [2.24, 2.45) is 11.5 Å². The fourth-order valence-electron chi connectivity index (χ4n) is 1.53. The van der Waals surface area contributed by atoms with Gasteiger partial charge in [0.05, 0.1) is 0 Å². The summed E-state index contributed by atoms with van der Waals surface area (Å²) in [5, 5.41) is 2.54. The van der Waals surface area contributed by atoms with Gasteiger partial charge in [0.1, 0.15) is 5.82 Å². The Morgan fingerprint density at radius 1 is 1.42 bits per heavy atom. The minimum absolute atomic E-state index is 0.0122. The molecule has 5 nitrogen and oxygen atoms in total. The van der Waals surface area contributed by atoms with E-state index in [4.69, 9.17) is 11.5 Å². The van der Waals surface area contributed by atoms with E-state index in [-0.39, 0.29) is 35.2 Å². The van der Waals surface area contributed by atoms with Gasteiger partial charge in [-0.25, -0.2) is 4.39 Å². The number of amides is 2. The molecule has 5 N–H and O–H groups in total. The van der Waals surface area contributed by atoms with Crippen molar-refractivity contribution >= 4 is 17.5 Å². The Morgan fingerprint density at radius 3 is 2.58 bits per heavy atom. The molecule has 0 aromatic heterocycles. The molecule has 0 aliphatic rings. The smallest absolute Gasteiger partial charge is 0.248 e. The summed E-state index contributed by atoms with van der Waals surface area (Å²) in [5.41, 5.74) is 11.3. The molecular weight excluding hydrogens is 249 g/mol. The van der Waals surface area contributed by atoms with Gasteiger partial charge in [-0.3, -0.25) is 9.59 Å². The van der Waals surface area contributed by atoms with Gasteiger partial charge in [-0.05, 0) is 25.5 Å². The Morgan fingerprint density at radius 2 is 2.05 bits per heavy atom. The number of halogens is 1. The summed E-state index contributed by atoms with van der Waals surface area (Å²) >= 11 is 0. The minimum atomic E-state index is -0.750. The van der Waals surface area contributed by atoms with Gasteiger partial charge in [-0.15, -0.1) is 0 Å². The van der Waals surface area contributed by atoms with Gasteiger partial charge in [0, 0.05) is 29.3 Å². The molecule has 1 aromatic rings.